The first-order valence-electron chi connectivity index (χ1n) is 4.80. The Morgan fingerprint density at radius 1 is 1.50 bits per heavy atom. The van der Waals surface area contributed by atoms with E-state index < -0.39 is 0 Å². The van der Waals surface area contributed by atoms with Crippen LogP contribution in [0.4, 0.5) is 0 Å². The van der Waals surface area contributed by atoms with Gasteiger partial charge in [0, 0.05) is 25.7 Å². The lowest BCUT2D eigenvalue weighted by Crippen LogP contribution is -2.34. The summed E-state index contributed by atoms with van der Waals surface area (Å²) in [6, 6.07) is 5.78. The number of rotatable bonds is 1. The van der Waals surface area contributed by atoms with E-state index in [2.05, 4.69) is 0 Å². The molecule has 0 saturated carbocycles. The Kier molecular flexibility index (Phi) is 2.25. The predicted molar refractivity (Wildman–Crippen MR) is 55.0 cm³/mol. The second-order valence-electron chi connectivity index (χ2n) is 3.62. The highest BCUT2D eigenvalue weighted by Crippen LogP contribution is 2.21. The second kappa shape index (κ2) is 3.42. The first-order chi connectivity index (χ1) is 6.74. The highest BCUT2D eigenvalue weighted by Gasteiger charge is 2.22. The highest BCUT2D eigenvalue weighted by molar-refractivity contribution is 5.96. The zero-order valence-corrected chi connectivity index (χ0v) is 8.29. The highest BCUT2D eigenvalue weighted by atomic mass is 16.2. The van der Waals surface area contributed by atoms with Crippen molar-refractivity contribution in [3.05, 3.63) is 34.9 Å². The van der Waals surface area contributed by atoms with Crippen LogP contribution < -0.4 is 5.73 Å². The van der Waals surface area contributed by atoms with Crippen LogP contribution >= 0.6 is 0 Å². The van der Waals surface area contributed by atoms with Gasteiger partial charge in [0.2, 0.25) is 0 Å². The number of hydrogen-bond acceptors (Lipinski definition) is 2. The number of nitrogens with zero attached hydrogens (tertiary/aromatic N) is 1. The third kappa shape index (κ3) is 1.30. The smallest absolute Gasteiger partial charge is 0.253 e. The van der Waals surface area contributed by atoms with Crippen LogP contribution in [0.15, 0.2) is 18.2 Å². The molecule has 0 radical (unpaired) electrons. The summed E-state index contributed by atoms with van der Waals surface area (Å²) in [7, 11) is 1.83. The lowest BCUT2D eigenvalue weighted by Gasteiger charge is -2.26. The van der Waals surface area contributed by atoms with Crippen LogP contribution in [-0.2, 0) is 13.0 Å². The summed E-state index contributed by atoms with van der Waals surface area (Å²) >= 11 is 0. The van der Waals surface area contributed by atoms with E-state index in [0.29, 0.717) is 6.54 Å². The number of fused-ring (bicyclic) bond motifs is 1. The molecule has 3 heteroatoms. The van der Waals surface area contributed by atoms with Crippen LogP contribution in [0, 0.1) is 0 Å². The van der Waals surface area contributed by atoms with E-state index in [0.717, 1.165) is 29.7 Å². The summed E-state index contributed by atoms with van der Waals surface area (Å²) < 4.78 is 0. The third-order valence-electron chi connectivity index (χ3n) is 2.77. The molecule has 1 heterocycles. The molecule has 0 unspecified atom stereocenters. The van der Waals surface area contributed by atoms with Crippen LogP contribution in [0.3, 0.4) is 0 Å². The number of likely N-dealkylation sites (N-methyl/N-ethyl adjacent to an activating group) is 1. The molecule has 1 aromatic rings. The molecular weight excluding hydrogens is 176 g/mol. The number of benzene rings is 1. The SMILES string of the molecule is CN1CCc2c(CN)cccc2C1=O. The number of hydrogen-bond donors (Lipinski definition) is 1. The van der Waals surface area contributed by atoms with Gasteiger partial charge in [-0.05, 0) is 23.6 Å². The molecule has 2 rings (SSSR count). The van der Waals surface area contributed by atoms with Gasteiger partial charge in [-0.25, -0.2) is 0 Å². The van der Waals surface area contributed by atoms with E-state index >= 15 is 0 Å². The topological polar surface area (TPSA) is 46.3 Å². The van der Waals surface area contributed by atoms with Gasteiger partial charge in [0.15, 0.2) is 0 Å². The number of carbonyl (C=O) groups is 1. The Bertz CT molecular complexity index is 374. The Labute approximate surface area is 83.5 Å². The Morgan fingerprint density at radius 3 is 3.00 bits per heavy atom. The summed E-state index contributed by atoms with van der Waals surface area (Å²) in [5.41, 5.74) is 8.69. The first-order valence-corrected chi connectivity index (χ1v) is 4.80. The minimum atomic E-state index is 0.113. The summed E-state index contributed by atoms with van der Waals surface area (Å²) in [5, 5.41) is 0. The van der Waals surface area contributed by atoms with Crippen molar-refractivity contribution in [1.82, 2.24) is 4.90 Å². The molecule has 0 bridgehead atoms. The second-order valence-corrected chi connectivity index (χ2v) is 3.62. The van der Waals surface area contributed by atoms with Gasteiger partial charge in [0.05, 0.1) is 0 Å². The largest absolute Gasteiger partial charge is 0.341 e. The first kappa shape index (κ1) is 9.21. The Morgan fingerprint density at radius 2 is 2.29 bits per heavy atom. The molecule has 0 aromatic heterocycles. The van der Waals surface area contributed by atoms with Crippen LogP contribution in [0.25, 0.3) is 0 Å². The van der Waals surface area contributed by atoms with Crippen LogP contribution in [-0.4, -0.2) is 24.4 Å². The molecule has 0 spiro atoms. The molecule has 2 N–H and O–H groups in total. The van der Waals surface area contributed by atoms with Crippen LogP contribution in [0.2, 0.25) is 0 Å². The molecule has 0 atom stereocenters. The number of nitrogens with two attached hydrogens (primary N) is 1. The van der Waals surface area contributed by atoms with E-state index in [9.17, 15) is 4.79 Å². The van der Waals surface area contributed by atoms with Crippen molar-refractivity contribution < 1.29 is 4.79 Å². The fourth-order valence-electron chi connectivity index (χ4n) is 1.91. The zero-order valence-electron chi connectivity index (χ0n) is 8.29. The van der Waals surface area contributed by atoms with Gasteiger partial charge in [0.1, 0.15) is 0 Å². The average Bonchev–Trinajstić information content (AvgIpc) is 2.23. The van der Waals surface area contributed by atoms with Gasteiger partial charge in [-0.3, -0.25) is 4.79 Å². The fraction of sp³-hybridized carbons (Fsp3) is 0.364. The lowest BCUT2D eigenvalue weighted by molar-refractivity contribution is 0.0780. The van der Waals surface area contributed by atoms with Gasteiger partial charge >= 0.3 is 0 Å². The van der Waals surface area contributed by atoms with Crippen LogP contribution in [0.1, 0.15) is 21.5 Å². The van der Waals surface area contributed by atoms with E-state index in [1.54, 1.807) is 4.90 Å². The summed E-state index contributed by atoms with van der Waals surface area (Å²) in [5.74, 6) is 0.113. The van der Waals surface area contributed by atoms with Crippen molar-refractivity contribution in [2.24, 2.45) is 5.73 Å². The van der Waals surface area contributed by atoms with Gasteiger partial charge in [-0.15, -0.1) is 0 Å². The quantitative estimate of drug-likeness (QED) is 0.711. The maximum atomic E-state index is 11.8. The molecule has 0 saturated heterocycles. The molecule has 1 aromatic carbocycles. The molecule has 1 amide bonds. The van der Waals surface area contributed by atoms with Crippen molar-refractivity contribution in [3.63, 3.8) is 0 Å². The molecule has 14 heavy (non-hydrogen) atoms. The van der Waals surface area contributed by atoms with Crippen molar-refractivity contribution in [1.29, 1.82) is 0 Å². The summed E-state index contributed by atoms with van der Waals surface area (Å²) in [6.07, 6.45) is 0.922. The fourth-order valence-corrected chi connectivity index (χ4v) is 1.91. The average molecular weight is 190 g/mol. The van der Waals surface area contributed by atoms with Crippen molar-refractivity contribution >= 4 is 5.91 Å². The standard InChI is InChI=1S/C11H14N2O/c1-13-6-5-9-8(7-12)3-2-4-10(9)11(13)14/h2-4H,5-7,12H2,1H3. The minimum absolute atomic E-state index is 0.113. The molecule has 1 aliphatic heterocycles. The van der Waals surface area contributed by atoms with Crippen LogP contribution in [0.5, 0.6) is 0 Å². The Balaban J connectivity index is 2.52. The maximum Gasteiger partial charge on any atom is 0.253 e. The van der Waals surface area contributed by atoms with Gasteiger partial charge < -0.3 is 10.6 Å². The van der Waals surface area contributed by atoms with E-state index in [1.165, 1.54) is 0 Å². The normalized spacial score (nSPS) is 15.6. The monoisotopic (exact) mass is 190 g/mol. The number of amides is 1. The molecule has 74 valence electrons. The predicted octanol–water partition coefficient (Wildman–Crippen LogP) is 0.773. The van der Waals surface area contributed by atoms with E-state index in [4.69, 9.17) is 5.73 Å². The van der Waals surface area contributed by atoms with Crippen molar-refractivity contribution in [2.75, 3.05) is 13.6 Å². The van der Waals surface area contributed by atoms with E-state index in [1.807, 2.05) is 25.2 Å². The Hall–Kier alpha value is -1.35. The number of carbonyl (C=O) groups excluding carboxylic acids is 1. The third-order valence-corrected chi connectivity index (χ3v) is 2.77. The maximum absolute atomic E-state index is 11.8. The minimum Gasteiger partial charge on any atom is -0.341 e. The van der Waals surface area contributed by atoms with Gasteiger partial charge in [-0.1, -0.05) is 12.1 Å². The molecule has 3 nitrogen and oxygen atoms in total. The van der Waals surface area contributed by atoms with Gasteiger partial charge in [-0.2, -0.15) is 0 Å². The molecule has 1 aliphatic rings. The van der Waals surface area contributed by atoms with E-state index in [-0.39, 0.29) is 5.91 Å². The summed E-state index contributed by atoms with van der Waals surface area (Å²) in [6.45, 7) is 1.31. The summed E-state index contributed by atoms with van der Waals surface area (Å²) in [4.78, 5) is 13.5. The van der Waals surface area contributed by atoms with Gasteiger partial charge in [0.25, 0.3) is 5.91 Å². The zero-order chi connectivity index (χ0) is 10.1. The molecule has 0 fully saturated rings. The molecular formula is C11H14N2O. The van der Waals surface area contributed by atoms with Crippen molar-refractivity contribution in [3.8, 4) is 0 Å². The lowest BCUT2D eigenvalue weighted by atomic mass is 9.94. The molecule has 0 aliphatic carbocycles. The van der Waals surface area contributed by atoms with Crippen molar-refractivity contribution in [2.45, 2.75) is 13.0 Å².